The molecule has 0 aromatic carbocycles. The topological polar surface area (TPSA) is 43.2 Å². The summed E-state index contributed by atoms with van der Waals surface area (Å²) in [6.45, 7) is 13.4. The van der Waals surface area contributed by atoms with E-state index in [1.165, 1.54) is 5.69 Å². The van der Waals surface area contributed by atoms with E-state index >= 15 is 0 Å². The molecule has 1 unspecified atom stereocenters. The highest BCUT2D eigenvalue weighted by molar-refractivity contribution is 7.09. The van der Waals surface area contributed by atoms with Crippen molar-refractivity contribution in [3.05, 3.63) is 34.0 Å². The lowest BCUT2D eigenvalue weighted by molar-refractivity contribution is -0.0298. The van der Waals surface area contributed by atoms with E-state index in [4.69, 9.17) is 9.72 Å². The van der Waals surface area contributed by atoms with E-state index in [-0.39, 0.29) is 11.5 Å². The Morgan fingerprint density at radius 1 is 1.38 bits per heavy atom. The fraction of sp³-hybridized carbons (Fsp3) is 0.667. The number of hydrogen-bond acceptors (Lipinski definition) is 5. The molecule has 6 heteroatoms. The van der Waals surface area contributed by atoms with Crippen LogP contribution in [0.1, 0.15) is 50.2 Å². The summed E-state index contributed by atoms with van der Waals surface area (Å²) >= 11 is 1.73. The van der Waals surface area contributed by atoms with Crippen molar-refractivity contribution in [1.29, 1.82) is 0 Å². The summed E-state index contributed by atoms with van der Waals surface area (Å²) in [7, 11) is 0. The number of thiazole rings is 1. The predicted molar refractivity (Wildman–Crippen MR) is 97.6 cm³/mol. The Bertz CT molecular complexity index is 658. The van der Waals surface area contributed by atoms with Crippen molar-refractivity contribution >= 4 is 11.3 Å². The van der Waals surface area contributed by atoms with Crippen LogP contribution in [0.15, 0.2) is 17.6 Å². The maximum atomic E-state index is 5.99. The van der Waals surface area contributed by atoms with Crippen molar-refractivity contribution < 1.29 is 4.74 Å². The minimum atomic E-state index is 0.0989. The molecule has 5 nitrogen and oxygen atoms in total. The lowest BCUT2D eigenvalue weighted by Gasteiger charge is -2.32. The van der Waals surface area contributed by atoms with Crippen LogP contribution in [0.2, 0.25) is 0 Å². The molecule has 2 aromatic heterocycles. The van der Waals surface area contributed by atoms with Gasteiger partial charge in [0.05, 0.1) is 12.3 Å². The molecule has 1 aliphatic rings. The first-order valence-corrected chi connectivity index (χ1v) is 9.66. The molecule has 0 saturated carbocycles. The smallest absolute Gasteiger partial charge is 0.123 e. The summed E-state index contributed by atoms with van der Waals surface area (Å²) in [4.78, 5) is 7.32. The molecule has 0 aliphatic carbocycles. The maximum Gasteiger partial charge on any atom is 0.123 e. The molecule has 1 aliphatic heterocycles. The number of aromatic nitrogens is 3. The predicted octanol–water partition coefficient (Wildman–Crippen LogP) is 3.27. The SMILES string of the molecule is CCn1nccc1CCN1CCOC(c2nc(C(C)(C)C)cs2)C1. The lowest BCUT2D eigenvalue weighted by atomic mass is 9.93. The summed E-state index contributed by atoms with van der Waals surface area (Å²) in [5.74, 6) is 0. The lowest BCUT2D eigenvalue weighted by Crippen LogP contribution is -2.39. The second kappa shape index (κ2) is 7.33. The zero-order valence-electron chi connectivity index (χ0n) is 15.2. The van der Waals surface area contributed by atoms with E-state index in [2.05, 4.69) is 53.8 Å². The maximum absolute atomic E-state index is 5.99. The minimum Gasteiger partial charge on any atom is -0.368 e. The van der Waals surface area contributed by atoms with Gasteiger partial charge in [0.15, 0.2) is 0 Å². The highest BCUT2D eigenvalue weighted by Gasteiger charge is 2.26. The molecule has 0 amide bonds. The Morgan fingerprint density at radius 2 is 2.21 bits per heavy atom. The van der Waals surface area contributed by atoms with Gasteiger partial charge < -0.3 is 4.74 Å². The van der Waals surface area contributed by atoms with Crippen molar-refractivity contribution in [3.63, 3.8) is 0 Å². The number of rotatable bonds is 5. The number of morpholine rings is 1. The third-order valence-electron chi connectivity index (χ3n) is 4.50. The van der Waals surface area contributed by atoms with Gasteiger partial charge in [-0.2, -0.15) is 5.10 Å². The van der Waals surface area contributed by atoms with Gasteiger partial charge in [-0.05, 0) is 13.0 Å². The minimum absolute atomic E-state index is 0.0989. The monoisotopic (exact) mass is 348 g/mol. The van der Waals surface area contributed by atoms with Crippen molar-refractivity contribution in [1.82, 2.24) is 19.7 Å². The molecule has 3 heterocycles. The van der Waals surface area contributed by atoms with Crippen LogP contribution in [0.25, 0.3) is 0 Å². The Balaban J connectivity index is 1.59. The molecule has 3 rings (SSSR count). The van der Waals surface area contributed by atoms with Gasteiger partial charge in [-0.1, -0.05) is 20.8 Å². The molecule has 0 radical (unpaired) electrons. The zero-order chi connectivity index (χ0) is 17.2. The largest absolute Gasteiger partial charge is 0.368 e. The van der Waals surface area contributed by atoms with Gasteiger partial charge in [0, 0.05) is 55.3 Å². The van der Waals surface area contributed by atoms with Gasteiger partial charge >= 0.3 is 0 Å². The molecule has 0 bridgehead atoms. The summed E-state index contributed by atoms with van der Waals surface area (Å²) in [6.07, 6.45) is 3.03. The fourth-order valence-electron chi connectivity index (χ4n) is 2.96. The molecular weight excluding hydrogens is 320 g/mol. The van der Waals surface area contributed by atoms with Crippen molar-refractivity contribution in [2.24, 2.45) is 0 Å². The van der Waals surface area contributed by atoms with Crippen LogP contribution in [0, 0.1) is 0 Å². The number of aryl methyl sites for hydroxylation is 1. The second-order valence-corrected chi connectivity index (χ2v) is 8.26. The Hall–Kier alpha value is -1.24. The summed E-state index contributed by atoms with van der Waals surface area (Å²) < 4.78 is 8.07. The van der Waals surface area contributed by atoms with Gasteiger partial charge in [-0.15, -0.1) is 11.3 Å². The first-order chi connectivity index (χ1) is 11.5. The molecule has 132 valence electrons. The Labute approximate surface area is 148 Å². The number of ether oxygens (including phenoxy) is 1. The Morgan fingerprint density at radius 3 is 2.92 bits per heavy atom. The van der Waals surface area contributed by atoms with Gasteiger partial charge in [0.2, 0.25) is 0 Å². The van der Waals surface area contributed by atoms with E-state index in [9.17, 15) is 0 Å². The van der Waals surface area contributed by atoms with E-state index in [1.54, 1.807) is 11.3 Å². The first-order valence-electron chi connectivity index (χ1n) is 8.78. The van der Waals surface area contributed by atoms with Gasteiger partial charge in [-0.3, -0.25) is 9.58 Å². The number of hydrogen-bond donors (Lipinski definition) is 0. The van der Waals surface area contributed by atoms with E-state index in [0.29, 0.717) is 0 Å². The summed E-state index contributed by atoms with van der Waals surface area (Å²) in [5.41, 5.74) is 2.57. The van der Waals surface area contributed by atoms with Gasteiger partial charge in [0.1, 0.15) is 11.1 Å². The fourth-order valence-corrected chi connectivity index (χ4v) is 4.05. The molecular formula is C18H28N4OS. The van der Waals surface area contributed by atoms with Crippen molar-refractivity contribution in [2.45, 2.75) is 52.2 Å². The summed E-state index contributed by atoms with van der Waals surface area (Å²) in [5, 5.41) is 7.64. The van der Waals surface area contributed by atoms with E-state index < -0.39 is 0 Å². The number of nitrogens with zero attached hydrogens (tertiary/aromatic N) is 4. The van der Waals surface area contributed by atoms with Gasteiger partial charge in [0.25, 0.3) is 0 Å². The van der Waals surface area contributed by atoms with Crippen LogP contribution in [-0.2, 0) is 23.1 Å². The molecule has 1 fully saturated rings. The first kappa shape index (κ1) is 17.6. The zero-order valence-corrected chi connectivity index (χ0v) is 16.0. The van der Waals surface area contributed by atoms with Gasteiger partial charge in [-0.25, -0.2) is 4.98 Å². The van der Waals surface area contributed by atoms with Crippen LogP contribution >= 0.6 is 11.3 Å². The standard InChI is InChI=1S/C18H28N4OS/c1-5-22-14(6-8-19-22)7-9-21-10-11-23-15(12-21)17-20-16(13-24-17)18(2,3)4/h6,8,13,15H,5,7,9-12H2,1-4H3. The molecule has 0 N–H and O–H groups in total. The Kier molecular flexibility index (Phi) is 5.37. The van der Waals surface area contributed by atoms with Crippen LogP contribution in [0.4, 0.5) is 0 Å². The van der Waals surface area contributed by atoms with Crippen LogP contribution in [-0.4, -0.2) is 45.9 Å². The van der Waals surface area contributed by atoms with Crippen LogP contribution in [0.3, 0.4) is 0 Å². The molecule has 2 aromatic rings. The molecule has 1 atom stereocenters. The highest BCUT2D eigenvalue weighted by atomic mass is 32.1. The van der Waals surface area contributed by atoms with Crippen LogP contribution < -0.4 is 0 Å². The third-order valence-corrected chi connectivity index (χ3v) is 5.44. The quantitative estimate of drug-likeness (QED) is 0.832. The average molecular weight is 349 g/mol. The molecule has 0 spiro atoms. The average Bonchev–Trinajstić information content (AvgIpc) is 3.21. The van der Waals surface area contributed by atoms with E-state index in [1.807, 2.05) is 6.20 Å². The normalized spacial score (nSPS) is 19.8. The third kappa shape index (κ3) is 4.05. The van der Waals surface area contributed by atoms with E-state index in [0.717, 1.165) is 49.9 Å². The summed E-state index contributed by atoms with van der Waals surface area (Å²) in [6, 6.07) is 2.12. The van der Waals surface area contributed by atoms with Crippen molar-refractivity contribution in [3.8, 4) is 0 Å². The molecule has 1 saturated heterocycles. The highest BCUT2D eigenvalue weighted by Crippen LogP contribution is 2.30. The van der Waals surface area contributed by atoms with Crippen LogP contribution in [0.5, 0.6) is 0 Å². The second-order valence-electron chi connectivity index (χ2n) is 7.37. The van der Waals surface area contributed by atoms with Crippen molar-refractivity contribution in [2.75, 3.05) is 26.2 Å². The molecule has 24 heavy (non-hydrogen) atoms.